The third kappa shape index (κ3) is 2.23. The molecule has 0 aromatic carbocycles. The standard InChI is InChI=1S/C10H18N4OS/c1-11-10(6-15)4-3-8(5-10)16-9-12-7-13-14(9)2/h7-8,11,15H,3-6H2,1-2H3. The molecule has 2 atom stereocenters. The van der Waals surface area contributed by atoms with Crippen molar-refractivity contribution in [2.75, 3.05) is 13.7 Å². The van der Waals surface area contributed by atoms with E-state index in [1.54, 1.807) is 22.8 Å². The van der Waals surface area contributed by atoms with Crippen LogP contribution in [0.15, 0.2) is 11.5 Å². The molecular formula is C10H18N4OS. The van der Waals surface area contributed by atoms with Gasteiger partial charge in [-0.2, -0.15) is 5.10 Å². The first-order valence-electron chi connectivity index (χ1n) is 5.49. The van der Waals surface area contributed by atoms with Crippen molar-refractivity contribution in [1.82, 2.24) is 20.1 Å². The lowest BCUT2D eigenvalue weighted by molar-refractivity contribution is 0.173. The van der Waals surface area contributed by atoms with Crippen LogP contribution in [-0.2, 0) is 7.05 Å². The van der Waals surface area contributed by atoms with Gasteiger partial charge in [0.15, 0.2) is 5.16 Å². The Morgan fingerprint density at radius 1 is 1.75 bits per heavy atom. The fourth-order valence-electron chi connectivity index (χ4n) is 2.17. The minimum Gasteiger partial charge on any atom is -0.394 e. The van der Waals surface area contributed by atoms with E-state index >= 15 is 0 Å². The molecule has 90 valence electrons. The van der Waals surface area contributed by atoms with E-state index in [0.29, 0.717) is 5.25 Å². The van der Waals surface area contributed by atoms with Gasteiger partial charge in [-0.05, 0) is 26.3 Å². The molecule has 16 heavy (non-hydrogen) atoms. The fourth-order valence-corrected chi connectivity index (χ4v) is 3.41. The summed E-state index contributed by atoms with van der Waals surface area (Å²) in [6.45, 7) is 0.208. The second-order valence-electron chi connectivity index (χ2n) is 4.34. The zero-order valence-electron chi connectivity index (χ0n) is 9.68. The topological polar surface area (TPSA) is 63.0 Å². The largest absolute Gasteiger partial charge is 0.394 e. The first kappa shape index (κ1) is 11.9. The first-order valence-corrected chi connectivity index (χ1v) is 6.37. The minimum atomic E-state index is -0.0870. The van der Waals surface area contributed by atoms with Gasteiger partial charge in [-0.1, -0.05) is 11.8 Å². The zero-order valence-corrected chi connectivity index (χ0v) is 10.5. The number of hydrogen-bond acceptors (Lipinski definition) is 5. The van der Waals surface area contributed by atoms with Crippen LogP contribution in [0.25, 0.3) is 0 Å². The molecule has 0 spiro atoms. The summed E-state index contributed by atoms with van der Waals surface area (Å²) >= 11 is 1.76. The van der Waals surface area contributed by atoms with Crippen LogP contribution in [0.2, 0.25) is 0 Å². The number of thioether (sulfide) groups is 1. The van der Waals surface area contributed by atoms with Crippen LogP contribution in [0.5, 0.6) is 0 Å². The second kappa shape index (κ2) is 4.73. The number of aliphatic hydroxyl groups excluding tert-OH is 1. The third-order valence-corrected chi connectivity index (χ3v) is 4.65. The van der Waals surface area contributed by atoms with E-state index in [2.05, 4.69) is 15.4 Å². The number of nitrogens with zero attached hydrogens (tertiary/aromatic N) is 3. The molecule has 1 saturated carbocycles. The summed E-state index contributed by atoms with van der Waals surface area (Å²) in [4.78, 5) is 4.21. The lowest BCUT2D eigenvalue weighted by Gasteiger charge is -2.26. The Balaban J connectivity index is 1.97. The van der Waals surface area contributed by atoms with Gasteiger partial charge in [0, 0.05) is 17.8 Å². The highest BCUT2D eigenvalue weighted by Gasteiger charge is 2.38. The molecule has 1 aromatic rings. The number of nitrogens with one attached hydrogen (secondary N) is 1. The summed E-state index contributed by atoms with van der Waals surface area (Å²) < 4.78 is 1.79. The van der Waals surface area contributed by atoms with Gasteiger partial charge in [0.05, 0.1) is 6.61 Å². The molecule has 5 nitrogen and oxygen atoms in total. The highest BCUT2D eigenvalue weighted by Crippen LogP contribution is 2.38. The van der Waals surface area contributed by atoms with Crippen LogP contribution in [0.3, 0.4) is 0 Å². The zero-order chi connectivity index (χ0) is 11.6. The molecule has 1 heterocycles. The Hall–Kier alpha value is -0.590. The van der Waals surface area contributed by atoms with E-state index in [1.807, 2.05) is 14.1 Å². The summed E-state index contributed by atoms with van der Waals surface area (Å²) in [6.07, 6.45) is 4.70. The molecule has 0 amide bonds. The minimum absolute atomic E-state index is 0.0870. The average Bonchev–Trinajstić information content (AvgIpc) is 2.88. The van der Waals surface area contributed by atoms with E-state index < -0.39 is 0 Å². The van der Waals surface area contributed by atoms with Crippen molar-refractivity contribution in [2.45, 2.75) is 35.2 Å². The Morgan fingerprint density at radius 3 is 3.06 bits per heavy atom. The van der Waals surface area contributed by atoms with Gasteiger partial charge in [0.2, 0.25) is 0 Å². The molecule has 0 bridgehead atoms. The molecular weight excluding hydrogens is 224 g/mol. The molecule has 1 aliphatic carbocycles. The highest BCUT2D eigenvalue weighted by atomic mass is 32.2. The van der Waals surface area contributed by atoms with Gasteiger partial charge in [0.1, 0.15) is 6.33 Å². The van der Waals surface area contributed by atoms with E-state index in [-0.39, 0.29) is 12.1 Å². The number of likely N-dealkylation sites (N-methyl/N-ethyl adjacent to an activating group) is 1. The van der Waals surface area contributed by atoms with Crippen molar-refractivity contribution in [1.29, 1.82) is 0 Å². The van der Waals surface area contributed by atoms with E-state index in [1.165, 1.54) is 0 Å². The molecule has 1 aromatic heterocycles. The van der Waals surface area contributed by atoms with Crippen LogP contribution < -0.4 is 5.32 Å². The Morgan fingerprint density at radius 2 is 2.56 bits per heavy atom. The van der Waals surface area contributed by atoms with Crippen LogP contribution >= 0.6 is 11.8 Å². The van der Waals surface area contributed by atoms with Crippen molar-refractivity contribution in [3.8, 4) is 0 Å². The predicted molar refractivity (Wildman–Crippen MR) is 63.4 cm³/mol. The lowest BCUT2D eigenvalue weighted by atomic mass is 10.00. The first-order chi connectivity index (χ1) is 7.69. The summed E-state index contributed by atoms with van der Waals surface area (Å²) in [5, 5.41) is 18.2. The maximum absolute atomic E-state index is 9.41. The summed E-state index contributed by atoms with van der Waals surface area (Å²) in [5.74, 6) is 0. The third-order valence-electron chi connectivity index (χ3n) is 3.34. The van der Waals surface area contributed by atoms with Crippen molar-refractivity contribution in [3.05, 3.63) is 6.33 Å². The van der Waals surface area contributed by atoms with Gasteiger partial charge in [-0.25, -0.2) is 9.67 Å². The second-order valence-corrected chi connectivity index (χ2v) is 5.60. The normalized spacial score (nSPS) is 29.8. The van der Waals surface area contributed by atoms with Crippen LogP contribution in [-0.4, -0.2) is 44.3 Å². The maximum atomic E-state index is 9.41. The summed E-state index contributed by atoms with van der Waals surface area (Å²) in [6, 6.07) is 0. The molecule has 0 radical (unpaired) electrons. The molecule has 2 rings (SSSR count). The number of hydrogen-bond donors (Lipinski definition) is 2. The number of aromatic nitrogens is 3. The summed E-state index contributed by atoms with van der Waals surface area (Å²) in [7, 11) is 3.83. The Bertz CT molecular complexity index is 350. The highest BCUT2D eigenvalue weighted by molar-refractivity contribution is 7.99. The molecule has 0 saturated heterocycles. The average molecular weight is 242 g/mol. The molecule has 1 fully saturated rings. The SMILES string of the molecule is CNC1(CO)CCC(Sc2ncnn2C)C1. The Kier molecular flexibility index (Phi) is 3.51. The smallest absolute Gasteiger partial charge is 0.186 e. The monoisotopic (exact) mass is 242 g/mol. The van der Waals surface area contributed by atoms with Gasteiger partial charge in [-0.15, -0.1) is 0 Å². The molecule has 2 unspecified atom stereocenters. The van der Waals surface area contributed by atoms with E-state index in [9.17, 15) is 5.11 Å². The molecule has 2 N–H and O–H groups in total. The van der Waals surface area contributed by atoms with Crippen molar-refractivity contribution < 1.29 is 5.11 Å². The molecule has 6 heteroatoms. The van der Waals surface area contributed by atoms with Crippen molar-refractivity contribution >= 4 is 11.8 Å². The molecule has 0 aliphatic heterocycles. The van der Waals surface area contributed by atoms with Crippen LogP contribution in [0.1, 0.15) is 19.3 Å². The fraction of sp³-hybridized carbons (Fsp3) is 0.800. The van der Waals surface area contributed by atoms with Gasteiger partial charge in [0.25, 0.3) is 0 Å². The van der Waals surface area contributed by atoms with Gasteiger partial charge in [-0.3, -0.25) is 0 Å². The maximum Gasteiger partial charge on any atom is 0.186 e. The van der Waals surface area contributed by atoms with Crippen molar-refractivity contribution in [3.63, 3.8) is 0 Å². The van der Waals surface area contributed by atoms with Crippen molar-refractivity contribution in [2.24, 2.45) is 7.05 Å². The van der Waals surface area contributed by atoms with Gasteiger partial charge < -0.3 is 10.4 Å². The molecule has 1 aliphatic rings. The van der Waals surface area contributed by atoms with E-state index in [0.717, 1.165) is 24.4 Å². The quantitative estimate of drug-likeness (QED) is 0.801. The van der Waals surface area contributed by atoms with E-state index in [4.69, 9.17) is 0 Å². The predicted octanol–water partition coefficient (Wildman–Crippen LogP) is 0.410. The van der Waals surface area contributed by atoms with Crippen LogP contribution in [0, 0.1) is 0 Å². The number of aryl methyl sites for hydroxylation is 1. The van der Waals surface area contributed by atoms with Gasteiger partial charge >= 0.3 is 0 Å². The Labute approximate surface area is 99.6 Å². The summed E-state index contributed by atoms with van der Waals surface area (Å²) in [5.41, 5.74) is -0.0870. The van der Waals surface area contributed by atoms with Crippen LogP contribution in [0.4, 0.5) is 0 Å². The number of aliphatic hydroxyl groups is 1. The number of rotatable bonds is 4. The lowest BCUT2D eigenvalue weighted by Crippen LogP contribution is -2.44.